The third kappa shape index (κ3) is 58.6. The summed E-state index contributed by atoms with van der Waals surface area (Å²) < 4.78 is 34.4. The Morgan fingerprint density at radius 1 is 0.408 bits per heavy atom. The van der Waals surface area contributed by atoms with Crippen LogP contribution in [0.1, 0.15) is 181 Å². The molecule has 0 aromatic carbocycles. The molecule has 0 aliphatic heterocycles. The summed E-state index contributed by atoms with van der Waals surface area (Å²) >= 11 is 0. The molecule has 2 unspecified atom stereocenters. The lowest BCUT2D eigenvalue weighted by Crippen LogP contribution is -2.37. The molecule has 0 aromatic rings. The number of likely N-dealkylation sites (N-methyl/N-ethyl adjacent to an activating group) is 1. The number of carbonyl (C=O) groups is 2. The maximum Gasteiger partial charge on any atom is 0.472 e. The summed E-state index contributed by atoms with van der Waals surface area (Å²) in [5, 5.41) is 0. The molecule has 10 heteroatoms. The topological polar surface area (TPSA) is 108 Å². The zero-order chi connectivity index (χ0) is 55.6. The third-order valence-electron chi connectivity index (χ3n) is 11.2. The van der Waals surface area contributed by atoms with Gasteiger partial charge in [-0.25, -0.2) is 4.57 Å². The number of rotatable bonds is 50. The minimum atomic E-state index is -4.41. The maximum absolute atomic E-state index is 12.8. The first-order chi connectivity index (χ1) is 37.0. The lowest BCUT2D eigenvalue weighted by atomic mass is 10.1. The van der Waals surface area contributed by atoms with Crippen LogP contribution in [0.3, 0.4) is 0 Å². The van der Waals surface area contributed by atoms with Crippen molar-refractivity contribution in [2.75, 3.05) is 47.5 Å². The monoisotopic (exact) mass is 1070 g/mol. The number of phosphoric ester groups is 1. The number of quaternary nitrogens is 1. The van der Waals surface area contributed by atoms with Crippen molar-refractivity contribution in [2.45, 2.75) is 187 Å². The molecule has 0 amide bonds. The van der Waals surface area contributed by atoms with E-state index in [9.17, 15) is 19.0 Å². The van der Waals surface area contributed by atoms with Gasteiger partial charge in [0.25, 0.3) is 0 Å². The molecule has 426 valence electrons. The Morgan fingerprint density at radius 3 is 1.08 bits per heavy atom. The fraction of sp³-hybridized carbons (Fsp3) is 0.545. The van der Waals surface area contributed by atoms with E-state index in [0.717, 1.165) is 141 Å². The van der Waals surface area contributed by atoms with Gasteiger partial charge in [0.2, 0.25) is 0 Å². The van der Waals surface area contributed by atoms with Crippen LogP contribution in [0.25, 0.3) is 0 Å². The quantitative estimate of drug-likeness (QED) is 0.0211. The van der Waals surface area contributed by atoms with Gasteiger partial charge in [-0.15, -0.1) is 0 Å². The summed E-state index contributed by atoms with van der Waals surface area (Å²) in [5.74, 6) is -0.881. The molecular weight excluding hydrogens is 966 g/mol. The highest BCUT2D eigenvalue weighted by atomic mass is 31.2. The first kappa shape index (κ1) is 71.4. The van der Waals surface area contributed by atoms with Crippen molar-refractivity contribution < 1.29 is 42.1 Å². The molecule has 0 saturated carbocycles. The molecular formula is C66H105NO8P+. The van der Waals surface area contributed by atoms with E-state index < -0.39 is 32.5 Å². The van der Waals surface area contributed by atoms with Crippen LogP contribution in [0.5, 0.6) is 0 Å². The van der Waals surface area contributed by atoms with E-state index in [0.29, 0.717) is 23.9 Å². The zero-order valence-corrected chi connectivity index (χ0v) is 49.1. The minimum Gasteiger partial charge on any atom is -0.462 e. The van der Waals surface area contributed by atoms with Crippen LogP contribution in [0.4, 0.5) is 0 Å². The molecule has 1 N–H and O–H groups in total. The molecule has 76 heavy (non-hydrogen) atoms. The van der Waals surface area contributed by atoms with Gasteiger partial charge in [-0.05, 0) is 128 Å². The highest BCUT2D eigenvalue weighted by Gasteiger charge is 2.27. The standard InChI is InChI=1S/C66H104NO8P/c1-6-8-10-12-14-16-18-20-22-23-24-25-26-27-28-29-30-31-32-33-34-35-36-37-38-39-40-41-42-43-45-47-49-51-53-55-57-59-66(69)75-64(63-74-76(70,71)73-61-60-67(3,4)5)62-72-65(68)58-56-54-52-50-48-46-44-21-19-17-15-13-11-9-7-2/h8-11,14-17,20-22,24-25,27-28,30-31,33-34,36-37,39-40,42-44,48,50,64H,6-7,12-13,18-19,23,26,29,32,35,38,41,45-47,49,51-63H2,1-5H3/p+1/b10-8-,11-9-,16-14-,17-15-,22-20-,25-24-,28-27-,31-30-,34-33-,37-36-,40-39-,43-42-,44-21-,50-48-. The molecule has 0 bridgehead atoms. The first-order valence-electron chi connectivity index (χ1n) is 28.9. The average molecular weight is 1070 g/mol. The molecule has 0 aromatic heterocycles. The molecule has 0 heterocycles. The lowest BCUT2D eigenvalue weighted by molar-refractivity contribution is -0.870. The molecule has 0 spiro atoms. The molecule has 0 rings (SSSR count). The maximum atomic E-state index is 12.8. The Hall–Kier alpha value is -4.63. The van der Waals surface area contributed by atoms with Gasteiger partial charge in [-0.1, -0.05) is 210 Å². The van der Waals surface area contributed by atoms with Gasteiger partial charge in [0.1, 0.15) is 19.8 Å². The summed E-state index contributed by atoms with van der Waals surface area (Å²) in [6.45, 7) is 4.09. The van der Waals surface area contributed by atoms with Gasteiger partial charge in [0, 0.05) is 12.8 Å². The summed E-state index contributed by atoms with van der Waals surface area (Å²) in [4.78, 5) is 35.6. The van der Waals surface area contributed by atoms with Gasteiger partial charge in [-0.3, -0.25) is 18.6 Å². The van der Waals surface area contributed by atoms with E-state index in [2.05, 4.69) is 184 Å². The van der Waals surface area contributed by atoms with E-state index in [1.807, 2.05) is 21.1 Å². The third-order valence-corrected chi connectivity index (χ3v) is 12.2. The number of phosphoric acid groups is 1. The van der Waals surface area contributed by atoms with Crippen LogP contribution in [0.2, 0.25) is 0 Å². The second-order valence-corrected chi connectivity index (χ2v) is 21.0. The van der Waals surface area contributed by atoms with Crippen LogP contribution in [-0.2, 0) is 32.7 Å². The van der Waals surface area contributed by atoms with Crippen molar-refractivity contribution in [3.05, 3.63) is 170 Å². The van der Waals surface area contributed by atoms with E-state index in [1.165, 1.54) is 0 Å². The van der Waals surface area contributed by atoms with Crippen molar-refractivity contribution in [1.29, 1.82) is 0 Å². The fourth-order valence-electron chi connectivity index (χ4n) is 6.86. The molecule has 0 aliphatic rings. The Morgan fingerprint density at radius 2 is 0.711 bits per heavy atom. The number of esters is 2. The Kier molecular flexibility index (Phi) is 51.8. The molecule has 9 nitrogen and oxygen atoms in total. The largest absolute Gasteiger partial charge is 0.472 e. The van der Waals surface area contributed by atoms with Gasteiger partial charge >= 0.3 is 19.8 Å². The molecule has 2 atom stereocenters. The van der Waals surface area contributed by atoms with Gasteiger partial charge in [0.15, 0.2) is 6.10 Å². The predicted molar refractivity (Wildman–Crippen MR) is 325 cm³/mol. The number of carbonyl (C=O) groups excluding carboxylic acids is 2. The predicted octanol–water partition coefficient (Wildman–Crippen LogP) is 18.3. The van der Waals surface area contributed by atoms with Crippen LogP contribution < -0.4 is 0 Å². The smallest absolute Gasteiger partial charge is 0.462 e. The molecule has 0 aliphatic carbocycles. The van der Waals surface area contributed by atoms with Gasteiger partial charge < -0.3 is 18.9 Å². The van der Waals surface area contributed by atoms with E-state index in [-0.39, 0.29) is 26.1 Å². The molecule has 0 saturated heterocycles. The van der Waals surface area contributed by atoms with Crippen LogP contribution >= 0.6 is 7.82 Å². The van der Waals surface area contributed by atoms with Crippen molar-refractivity contribution >= 4 is 19.8 Å². The van der Waals surface area contributed by atoms with Gasteiger partial charge in [-0.2, -0.15) is 0 Å². The van der Waals surface area contributed by atoms with Crippen molar-refractivity contribution in [1.82, 2.24) is 0 Å². The summed E-state index contributed by atoms with van der Waals surface area (Å²) in [5.41, 5.74) is 0. The highest BCUT2D eigenvalue weighted by Crippen LogP contribution is 2.43. The zero-order valence-electron chi connectivity index (χ0n) is 48.2. The number of nitrogens with zero attached hydrogens (tertiary/aromatic N) is 1. The highest BCUT2D eigenvalue weighted by molar-refractivity contribution is 7.47. The van der Waals surface area contributed by atoms with E-state index in [4.69, 9.17) is 18.5 Å². The number of allylic oxidation sites excluding steroid dienone is 28. The van der Waals surface area contributed by atoms with Crippen molar-refractivity contribution in [2.24, 2.45) is 0 Å². The summed E-state index contributed by atoms with van der Waals surface area (Å²) in [7, 11) is 1.41. The van der Waals surface area contributed by atoms with Crippen molar-refractivity contribution in [3.63, 3.8) is 0 Å². The van der Waals surface area contributed by atoms with Crippen LogP contribution in [0.15, 0.2) is 170 Å². The summed E-state index contributed by atoms with van der Waals surface area (Å²) in [6, 6.07) is 0. The Labute approximate surface area is 464 Å². The number of hydrogen-bond donors (Lipinski definition) is 1. The summed E-state index contributed by atoms with van der Waals surface area (Å²) in [6.07, 6.45) is 84.3. The normalized spacial score (nSPS) is 14.6. The SMILES string of the molecule is CC/C=C\C/C=C\C/C=C\C/C=C\C/C=C\C/C=C\C/C=C\C/C=C\C/C=C\C/C=C\CCCCCCCCC(=O)OC(COC(=O)CCCC/C=C\C/C=C\C/C=C\C/C=C\CC)COP(=O)(O)OCC[N+](C)(C)C. The number of unbranched alkanes of at least 4 members (excludes halogenated alkanes) is 8. The number of ether oxygens (including phenoxy) is 2. The average Bonchev–Trinajstić information content (AvgIpc) is 3.38. The second kappa shape index (κ2) is 55.1. The Balaban J connectivity index is 4.24. The minimum absolute atomic E-state index is 0.0117. The van der Waals surface area contributed by atoms with Crippen LogP contribution in [0, 0.1) is 0 Å². The molecule has 0 radical (unpaired) electrons. The van der Waals surface area contributed by atoms with Gasteiger partial charge in [0.05, 0.1) is 27.7 Å². The van der Waals surface area contributed by atoms with Crippen LogP contribution in [-0.4, -0.2) is 74.9 Å². The lowest BCUT2D eigenvalue weighted by Gasteiger charge is -2.24. The second-order valence-electron chi connectivity index (χ2n) is 19.6. The van der Waals surface area contributed by atoms with E-state index in [1.54, 1.807) is 0 Å². The fourth-order valence-corrected chi connectivity index (χ4v) is 7.60. The number of hydrogen-bond acceptors (Lipinski definition) is 7. The van der Waals surface area contributed by atoms with E-state index >= 15 is 0 Å². The van der Waals surface area contributed by atoms with Crippen molar-refractivity contribution in [3.8, 4) is 0 Å². The molecule has 0 fully saturated rings. The first-order valence-corrected chi connectivity index (χ1v) is 30.4. The Bertz CT molecular complexity index is 1880.